The Morgan fingerprint density at radius 2 is 2.00 bits per heavy atom. The summed E-state index contributed by atoms with van der Waals surface area (Å²) in [5.74, 6) is 0. The number of hydrogen-bond acceptors (Lipinski definition) is 1. The SMILES string of the molecule is Ic1cccc2c1CCNCC2. The summed E-state index contributed by atoms with van der Waals surface area (Å²) in [5.41, 5.74) is 3.09. The van der Waals surface area contributed by atoms with E-state index in [2.05, 4.69) is 46.1 Å². The van der Waals surface area contributed by atoms with Crippen molar-refractivity contribution in [2.45, 2.75) is 12.8 Å². The third-order valence-corrected chi connectivity index (χ3v) is 3.35. The third kappa shape index (κ3) is 1.64. The summed E-state index contributed by atoms with van der Waals surface area (Å²) in [7, 11) is 0. The molecule has 0 aromatic heterocycles. The number of fused-ring (bicyclic) bond motifs is 1. The van der Waals surface area contributed by atoms with E-state index in [4.69, 9.17) is 0 Å². The van der Waals surface area contributed by atoms with Gasteiger partial charge >= 0.3 is 0 Å². The van der Waals surface area contributed by atoms with E-state index in [-0.39, 0.29) is 0 Å². The Morgan fingerprint density at radius 1 is 1.17 bits per heavy atom. The maximum Gasteiger partial charge on any atom is 0.0165 e. The molecule has 0 atom stereocenters. The minimum absolute atomic E-state index is 1.13. The van der Waals surface area contributed by atoms with E-state index < -0.39 is 0 Å². The van der Waals surface area contributed by atoms with Gasteiger partial charge in [-0.25, -0.2) is 0 Å². The molecule has 0 saturated carbocycles. The summed E-state index contributed by atoms with van der Waals surface area (Å²) in [5, 5.41) is 3.42. The van der Waals surface area contributed by atoms with E-state index in [9.17, 15) is 0 Å². The molecule has 0 amide bonds. The van der Waals surface area contributed by atoms with Crippen LogP contribution in [0, 0.1) is 3.57 Å². The molecule has 64 valence electrons. The van der Waals surface area contributed by atoms with Crippen molar-refractivity contribution in [3.63, 3.8) is 0 Å². The second kappa shape index (κ2) is 3.75. The highest BCUT2D eigenvalue weighted by molar-refractivity contribution is 14.1. The van der Waals surface area contributed by atoms with Crippen LogP contribution in [0.1, 0.15) is 11.1 Å². The van der Waals surface area contributed by atoms with Crippen LogP contribution >= 0.6 is 22.6 Å². The summed E-state index contributed by atoms with van der Waals surface area (Å²) in [4.78, 5) is 0. The van der Waals surface area contributed by atoms with Gasteiger partial charge in [-0.05, 0) is 65.7 Å². The van der Waals surface area contributed by atoms with Crippen molar-refractivity contribution >= 4 is 22.6 Å². The molecule has 1 N–H and O–H groups in total. The molecule has 1 heterocycles. The van der Waals surface area contributed by atoms with E-state index >= 15 is 0 Å². The average molecular weight is 273 g/mol. The van der Waals surface area contributed by atoms with Crippen LogP contribution < -0.4 is 5.32 Å². The normalized spacial score (nSPS) is 16.8. The van der Waals surface area contributed by atoms with Crippen molar-refractivity contribution in [1.82, 2.24) is 5.32 Å². The molecule has 0 saturated heterocycles. The summed E-state index contributed by atoms with van der Waals surface area (Å²) >= 11 is 2.43. The van der Waals surface area contributed by atoms with Gasteiger partial charge < -0.3 is 5.32 Å². The Kier molecular flexibility index (Phi) is 2.66. The van der Waals surface area contributed by atoms with Crippen LogP contribution in [0.25, 0.3) is 0 Å². The van der Waals surface area contributed by atoms with Crippen molar-refractivity contribution in [3.05, 3.63) is 32.9 Å². The Balaban J connectivity index is 2.42. The molecule has 1 aliphatic rings. The minimum atomic E-state index is 1.13. The molecule has 12 heavy (non-hydrogen) atoms. The van der Waals surface area contributed by atoms with Gasteiger partial charge in [-0.15, -0.1) is 0 Å². The molecule has 0 fully saturated rings. The zero-order chi connectivity index (χ0) is 8.39. The van der Waals surface area contributed by atoms with E-state index in [1.165, 1.54) is 22.0 Å². The van der Waals surface area contributed by atoms with Crippen molar-refractivity contribution in [1.29, 1.82) is 0 Å². The maximum absolute atomic E-state index is 3.42. The Bertz CT molecular complexity index is 283. The zero-order valence-electron chi connectivity index (χ0n) is 6.94. The largest absolute Gasteiger partial charge is 0.316 e. The van der Waals surface area contributed by atoms with Crippen molar-refractivity contribution in [3.8, 4) is 0 Å². The molecule has 0 bridgehead atoms. The second-order valence-electron chi connectivity index (χ2n) is 3.13. The fourth-order valence-corrected chi connectivity index (χ4v) is 2.50. The predicted octanol–water partition coefficient (Wildman–Crippen LogP) is 1.98. The zero-order valence-corrected chi connectivity index (χ0v) is 9.10. The monoisotopic (exact) mass is 273 g/mol. The highest BCUT2D eigenvalue weighted by Gasteiger charge is 2.08. The fraction of sp³-hybridized carbons (Fsp3) is 0.400. The van der Waals surface area contributed by atoms with E-state index in [0.29, 0.717) is 0 Å². The number of halogens is 1. The lowest BCUT2D eigenvalue weighted by molar-refractivity contribution is 0.710. The Morgan fingerprint density at radius 3 is 2.92 bits per heavy atom. The molecular formula is C10H12IN. The van der Waals surface area contributed by atoms with Crippen molar-refractivity contribution in [2.75, 3.05) is 13.1 Å². The van der Waals surface area contributed by atoms with E-state index in [1.807, 2.05) is 0 Å². The lowest BCUT2D eigenvalue weighted by Crippen LogP contribution is -2.16. The molecular weight excluding hydrogens is 261 g/mol. The van der Waals surface area contributed by atoms with Crippen LogP contribution in [0.15, 0.2) is 18.2 Å². The van der Waals surface area contributed by atoms with Crippen LogP contribution in [0.2, 0.25) is 0 Å². The third-order valence-electron chi connectivity index (χ3n) is 2.34. The standard InChI is InChI=1S/C10H12IN/c11-10-3-1-2-8-4-6-12-7-5-9(8)10/h1-3,12H,4-7H2. The Labute approximate surface area is 86.7 Å². The maximum atomic E-state index is 3.42. The smallest absolute Gasteiger partial charge is 0.0165 e. The van der Waals surface area contributed by atoms with Gasteiger partial charge in [-0.3, -0.25) is 0 Å². The minimum Gasteiger partial charge on any atom is -0.316 e. The average Bonchev–Trinajstić information content (AvgIpc) is 2.30. The summed E-state index contributed by atoms with van der Waals surface area (Å²) < 4.78 is 1.42. The van der Waals surface area contributed by atoms with Crippen LogP contribution in [0.5, 0.6) is 0 Å². The van der Waals surface area contributed by atoms with Crippen LogP contribution in [-0.2, 0) is 12.8 Å². The lowest BCUT2D eigenvalue weighted by atomic mass is 10.0. The molecule has 0 unspecified atom stereocenters. The summed E-state index contributed by atoms with van der Waals surface area (Å²) in [6, 6.07) is 6.61. The molecule has 0 aliphatic carbocycles. The molecule has 0 spiro atoms. The molecule has 0 radical (unpaired) electrons. The molecule has 2 rings (SSSR count). The van der Waals surface area contributed by atoms with Gasteiger partial charge in [0.05, 0.1) is 0 Å². The first-order valence-corrected chi connectivity index (χ1v) is 5.43. The predicted molar refractivity (Wildman–Crippen MR) is 59.4 cm³/mol. The number of rotatable bonds is 0. The van der Waals surface area contributed by atoms with Gasteiger partial charge in [0.1, 0.15) is 0 Å². The first-order valence-electron chi connectivity index (χ1n) is 4.35. The first kappa shape index (κ1) is 8.51. The molecule has 1 nitrogen and oxygen atoms in total. The molecule has 2 heteroatoms. The van der Waals surface area contributed by atoms with E-state index in [1.54, 1.807) is 5.56 Å². The van der Waals surface area contributed by atoms with Crippen LogP contribution in [-0.4, -0.2) is 13.1 Å². The second-order valence-corrected chi connectivity index (χ2v) is 4.29. The Hall–Kier alpha value is -0.0900. The number of nitrogens with one attached hydrogen (secondary N) is 1. The van der Waals surface area contributed by atoms with E-state index in [0.717, 1.165) is 13.1 Å². The lowest BCUT2D eigenvalue weighted by Gasteiger charge is -2.06. The van der Waals surface area contributed by atoms with Gasteiger partial charge in [0, 0.05) is 3.57 Å². The fourth-order valence-electron chi connectivity index (χ4n) is 1.68. The van der Waals surface area contributed by atoms with Crippen LogP contribution in [0.3, 0.4) is 0 Å². The highest BCUT2D eigenvalue weighted by Crippen LogP contribution is 2.19. The topological polar surface area (TPSA) is 12.0 Å². The molecule has 1 aliphatic heterocycles. The van der Waals surface area contributed by atoms with Gasteiger partial charge in [0.15, 0.2) is 0 Å². The van der Waals surface area contributed by atoms with Gasteiger partial charge in [0.25, 0.3) is 0 Å². The van der Waals surface area contributed by atoms with Crippen LogP contribution in [0.4, 0.5) is 0 Å². The van der Waals surface area contributed by atoms with Gasteiger partial charge in [0.2, 0.25) is 0 Å². The highest BCUT2D eigenvalue weighted by atomic mass is 127. The van der Waals surface area contributed by atoms with Gasteiger partial charge in [-0.1, -0.05) is 12.1 Å². The molecule has 1 aromatic carbocycles. The number of hydrogen-bond donors (Lipinski definition) is 1. The number of benzene rings is 1. The van der Waals surface area contributed by atoms with Gasteiger partial charge in [-0.2, -0.15) is 0 Å². The quantitative estimate of drug-likeness (QED) is 0.713. The van der Waals surface area contributed by atoms with Crippen molar-refractivity contribution < 1.29 is 0 Å². The summed E-state index contributed by atoms with van der Waals surface area (Å²) in [6.07, 6.45) is 2.38. The summed E-state index contributed by atoms with van der Waals surface area (Å²) in [6.45, 7) is 2.26. The first-order chi connectivity index (χ1) is 5.88. The van der Waals surface area contributed by atoms with Crippen molar-refractivity contribution in [2.24, 2.45) is 0 Å². The molecule has 1 aromatic rings.